The Morgan fingerprint density at radius 2 is 0.887 bits per heavy atom. The average Bonchev–Trinajstić information content (AvgIpc) is 3.26. The summed E-state index contributed by atoms with van der Waals surface area (Å²) in [6, 6.07) is -0.709. The van der Waals surface area contributed by atoms with Gasteiger partial charge in [0.1, 0.15) is 6.10 Å². The molecule has 0 aliphatic heterocycles. The molecule has 1 amide bonds. The lowest BCUT2D eigenvalue weighted by atomic mass is 10.0. The number of aliphatic hydroxyl groups excluding tert-OH is 2. The van der Waals surface area contributed by atoms with Crippen molar-refractivity contribution in [3.05, 3.63) is 48.6 Å². The van der Waals surface area contributed by atoms with E-state index in [0.717, 1.165) is 83.5 Å². The summed E-state index contributed by atoms with van der Waals surface area (Å²) in [5.41, 5.74) is 0. The van der Waals surface area contributed by atoms with Gasteiger partial charge < -0.3 is 20.3 Å². The molecule has 6 heteroatoms. The van der Waals surface area contributed by atoms with Crippen LogP contribution in [0.5, 0.6) is 0 Å². The molecule has 362 valence electrons. The van der Waals surface area contributed by atoms with Gasteiger partial charge in [-0.3, -0.25) is 9.59 Å². The zero-order chi connectivity index (χ0) is 45.2. The predicted molar refractivity (Wildman–Crippen MR) is 269 cm³/mol. The Morgan fingerprint density at radius 1 is 0.484 bits per heavy atom. The largest absolute Gasteiger partial charge is 0.462 e. The summed E-state index contributed by atoms with van der Waals surface area (Å²) >= 11 is 0. The quantitative estimate of drug-likeness (QED) is 0.0245. The molecule has 0 aliphatic rings. The Morgan fingerprint density at radius 3 is 1.37 bits per heavy atom. The standard InChI is InChI=1S/C56H103NO5/c1-4-7-10-13-16-19-22-25-27-30-33-36-39-42-45-48-54(59)53(51-58)57-55(60)50-52(47-44-41-38-35-32-29-24-21-18-15-12-9-6-3)62-56(61)49-46-43-40-37-34-31-28-26-23-20-17-14-11-8-5-2/h9,12,15,18,20-21,23-24,52-54,58-59H,4-8,10-11,13-14,16-17,19,22,25-51H2,1-3H3,(H,57,60)/b12-9+,18-15+,23-20-,24-21+. The summed E-state index contributed by atoms with van der Waals surface area (Å²) in [5.74, 6) is -0.493. The highest BCUT2D eigenvalue weighted by molar-refractivity contribution is 5.77. The first kappa shape index (κ1) is 59.8. The van der Waals surface area contributed by atoms with Crippen molar-refractivity contribution in [2.24, 2.45) is 0 Å². The van der Waals surface area contributed by atoms with E-state index in [4.69, 9.17) is 4.74 Å². The van der Waals surface area contributed by atoms with Gasteiger partial charge >= 0.3 is 5.97 Å². The van der Waals surface area contributed by atoms with Crippen molar-refractivity contribution in [2.45, 2.75) is 289 Å². The van der Waals surface area contributed by atoms with Gasteiger partial charge in [-0.1, -0.05) is 236 Å². The molecule has 3 atom stereocenters. The van der Waals surface area contributed by atoms with E-state index in [9.17, 15) is 19.8 Å². The predicted octanol–water partition coefficient (Wildman–Crippen LogP) is 16.2. The number of rotatable bonds is 48. The fraction of sp³-hybridized carbons (Fsp3) is 0.821. The van der Waals surface area contributed by atoms with Crippen LogP contribution in [0.2, 0.25) is 0 Å². The molecule has 0 bridgehead atoms. The number of carbonyl (C=O) groups is 2. The third-order valence-corrected chi connectivity index (χ3v) is 12.2. The Hall–Kier alpha value is -2.18. The minimum atomic E-state index is -0.794. The first-order chi connectivity index (χ1) is 30.5. The van der Waals surface area contributed by atoms with Crippen LogP contribution in [0.15, 0.2) is 48.6 Å². The molecule has 0 aliphatic carbocycles. The van der Waals surface area contributed by atoms with Crippen LogP contribution in [0.4, 0.5) is 0 Å². The number of allylic oxidation sites excluding steroid dienone is 8. The van der Waals surface area contributed by atoms with Crippen molar-refractivity contribution in [3.63, 3.8) is 0 Å². The van der Waals surface area contributed by atoms with Gasteiger partial charge in [-0.05, 0) is 70.6 Å². The van der Waals surface area contributed by atoms with Crippen molar-refractivity contribution >= 4 is 11.9 Å². The van der Waals surface area contributed by atoms with Crippen molar-refractivity contribution in [3.8, 4) is 0 Å². The summed E-state index contributed by atoms with van der Waals surface area (Å²) in [7, 11) is 0. The molecule has 0 spiro atoms. The molecule has 0 aromatic carbocycles. The van der Waals surface area contributed by atoms with Crippen molar-refractivity contribution in [1.82, 2.24) is 5.32 Å². The highest BCUT2D eigenvalue weighted by atomic mass is 16.5. The SMILES string of the molecule is CC/C=C/C=C/C=C/CCCCCCCC(CC(=O)NC(CO)C(O)CCCCCCCCCCCCCCCCC)OC(=O)CCCCCCCCC/C=C\CCCCCC. The lowest BCUT2D eigenvalue weighted by molar-refractivity contribution is -0.151. The lowest BCUT2D eigenvalue weighted by Crippen LogP contribution is -2.46. The number of esters is 1. The Bertz CT molecular complexity index is 1070. The van der Waals surface area contributed by atoms with Crippen LogP contribution in [0.3, 0.4) is 0 Å². The van der Waals surface area contributed by atoms with Gasteiger partial charge in [0.15, 0.2) is 0 Å². The molecule has 0 aromatic rings. The molecule has 3 unspecified atom stereocenters. The highest BCUT2D eigenvalue weighted by Crippen LogP contribution is 2.18. The highest BCUT2D eigenvalue weighted by Gasteiger charge is 2.24. The van der Waals surface area contributed by atoms with Crippen LogP contribution >= 0.6 is 0 Å². The molecule has 0 radical (unpaired) electrons. The summed E-state index contributed by atoms with van der Waals surface area (Å²) in [5, 5.41) is 23.8. The topological polar surface area (TPSA) is 95.9 Å². The molecule has 0 saturated heterocycles. The maximum atomic E-state index is 13.2. The van der Waals surface area contributed by atoms with E-state index in [1.54, 1.807) is 0 Å². The van der Waals surface area contributed by atoms with E-state index in [1.165, 1.54) is 141 Å². The van der Waals surface area contributed by atoms with Crippen LogP contribution in [0.1, 0.15) is 271 Å². The van der Waals surface area contributed by atoms with Crippen molar-refractivity contribution in [1.29, 1.82) is 0 Å². The summed E-state index contributed by atoms with van der Waals surface area (Å²) in [4.78, 5) is 26.2. The summed E-state index contributed by atoms with van der Waals surface area (Å²) in [6.45, 7) is 6.35. The number of nitrogens with one attached hydrogen (secondary N) is 1. The van der Waals surface area contributed by atoms with E-state index in [1.807, 2.05) is 0 Å². The maximum absolute atomic E-state index is 13.2. The number of hydrogen-bond donors (Lipinski definition) is 3. The monoisotopic (exact) mass is 870 g/mol. The second kappa shape index (κ2) is 49.8. The molecule has 62 heavy (non-hydrogen) atoms. The number of ether oxygens (including phenoxy) is 1. The Labute approximate surface area is 385 Å². The Balaban J connectivity index is 4.56. The first-order valence-corrected chi connectivity index (χ1v) is 26.9. The molecule has 0 heterocycles. The van der Waals surface area contributed by atoms with Gasteiger partial charge in [0.05, 0.1) is 25.2 Å². The molecular weight excluding hydrogens is 767 g/mol. The van der Waals surface area contributed by atoms with E-state index >= 15 is 0 Å². The summed E-state index contributed by atoms with van der Waals surface area (Å²) in [6.07, 6.45) is 60.3. The molecule has 0 rings (SSSR count). The van der Waals surface area contributed by atoms with Crippen LogP contribution < -0.4 is 5.32 Å². The van der Waals surface area contributed by atoms with E-state index in [0.29, 0.717) is 19.3 Å². The molecule has 0 aromatic heterocycles. The van der Waals surface area contributed by atoms with Crippen LogP contribution in [0, 0.1) is 0 Å². The van der Waals surface area contributed by atoms with Gasteiger partial charge in [-0.2, -0.15) is 0 Å². The smallest absolute Gasteiger partial charge is 0.306 e. The number of aliphatic hydroxyl groups is 2. The molecular formula is C56H103NO5. The van der Waals surface area contributed by atoms with Crippen molar-refractivity contribution in [2.75, 3.05) is 6.61 Å². The zero-order valence-corrected chi connectivity index (χ0v) is 41.3. The van der Waals surface area contributed by atoms with E-state index in [2.05, 4.69) is 74.7 Å². The molecule has 0 fully saturated rings. The maximum Gasteiger partial charge on any atom is 0.306 e. The molecule has 0 saturated carbocycles. The number of hydrogen-bond acceptors (Lipinski definition) is 5. The minimum Gasteiger partial charge on any atom is -0.462 e. The summed E-state index contributed by atoms with van der Waals surface area (Å²) < 4.78 is 5.93. The van der Waals surface area contributed by atoms with E-state index < -0.39 is 18.2 Å². The fourth-order valence-corrected chi connectivity index (χ4v) is 8.13. The number of unbranched alkanes of at least 4 members (excludes halogenated alkanes) is 30. The van der Waals surface area contributed by atoms with Crippen LogP contribution in [0.25, 0.3) is 0 Å². The van der Waals surface area contributed by atoms with Gasteiger partial charge in [-0.25, -0.2) is 0 Å². The van der Waals surface area contributed by atoms with Crippen LogP contribution in [-0.4, -0.2) is 46.9 Å². The first-order valence-electron chi connectivity index (χ1n) is 26.9. The van der Waals surface area contributed by atoms with Gasteiger partial charge in [0.2, 0.25) is 5.91 Å². The second-order valence-electron chi connectivity index (χ2n) is 18.3. The minimum absolute atomic E-state index is 0.0632. The van der Waals surface area contributed by atoms with Crippen molar-refractivity contribution < 1.29 is 24.5 Å². The third-order valence-electron chi connectivity index (χ3n) is 12.2. The fourth-order valence-electron chi connectivity index (χ4n) is 8.13. The number of amides is 1. The molecule has 6 nitrogen and oxygen atoms in total. The normalized spacial score (nSPS) is 13.6. The number of carbonyl (C=O) groups excluding carboxylic acids is 2. The van der Waals surface area contributed by atoms with Crippen LogP contribution in [-0.2, 0) is 14.3 Å². The third kappa shape index (κ3) is 44.4. The zero-order valence-electron chi connectivity index (χ0n) is 41.3. The average molecular weight is 870 g/mol. The lowest BCUT2D eigenvalue weighted by Gasteiger charge is -2.24. The van der Waals surface area contributed by atoms with Gasteiger partial charge in [0, 0.05) is 6.42 Å². The van der Waals surface area contributed by atoms with E-state index in [-0.39, 0.29) is 24.9 Å². The van der Waals surface area contributed by atoms with Gasteiger partial charge in [0.25, 0.3) is 0 Å². The van der Waals surface area contributed by atoms with Gasteiger partial charge in [-0.15, -0.1) is 0 Å². The second-order valence-corrected chi connectivity index (χ2v) is 18.3. The Kier molecular flexibility index (Phi) is 48.1. The molecule has 3 N–H and O–H groups in total.